The fraction of sp³-hybridized carbons (Fsp3) is 0.312. The van der Waals surface area contributed by atoms with Crippen molar-refractivity contribution in [3.63, 3.8) is 0 Å². The van der Waals surface area contributed by atoms with Crippen molar-refractivity contribution < 1.29 is 9.15 Å². The monoisotopic (exact) mass is 343 g/mol. The minimum absolute atomic E-state index is 0.576. The van der Waals surface area contributed by atoms with Crippen molar-refractivity contribution in [1.82, 2.24) is 15.0 Å². The summed E-state index contributed by atoms with van der Waals surface area (Å²) < 4.78 is 11.3. The maximum atomic E-state index is 5.91. The van der Waals surface area contributed by atoms with Gasteiger partial charge in [-0.15, -0.1) is 11.3 Å². The molecule has 1 aliphatic heterocycles. The van der Waals surface area contributed by atoms with Gasteiger partial charge in [0, 0.05) is 23.9 Å². The van der Waals surface area contributed by atoms with E-state index in [0.29, 0.717) is 35.1 Å². The summed E-state index contributed by atoms with van der Waals surface area (Å²) in [5, 5.41) is 0.617. The van der Waals surface area contributed by atoms with Gasteiger partial charge in [0.2, 0.25) is 5.88 Å². The molecule has 0 fully saturated rings. The molecule has 24 heavy (non-hydrogen) atoms. The Morgan fingerprint density at radius 1 is 1.38 bits per heavy atom. The van der Waals surface area contributed by atoms with Crippen molar-refractivity contribution in [2.45, 2.75) is 19.9 Å². The van der Waals surface area contributed by atoms with Gasteiger partial charge in [0.05, 0.1) is 25.0 Å². The first-order valence-electron chi connectivity index (χ1n) is 7.78. The van der Waals surface area contributed by atoms with Crippen molar-refractivity contribution in [3.8, 4) is 17.3 Å². The van der Waals surface area contributed by atoms with Crippen LogP contribution in [0.25, 0.3) is 11.5 Å². The summed E-state index contributed by atoms with van der Waals surface area (Å²) in [5.74, 6) is 1.21. The minimum atomic E-state index is 0.576. The Kier molecular flexibility index (Phi) is 3.81. The van der Waals surface area contributed by atoms with Crippen LogP contribution in [0.3, 0.4) is 0 Å². The molecule has 2 N–H and O–H groups in total. The zero-order valence-electron chi connectivity index (χ0n) is 13.2. The van der Waals surface area contributed by atoms with E-state index in [9.17, 15) is 0 Å². The first-order chi connectivity index (χ1) is 11.7. The SMILES string of the molecule is CCOc1cccc(-c2cnc(N3CCc4nc(N)sc4C3)o2)n1. The quantitative estimate of drug-likeness (QED) is 0.779. The number of hydrogen-bond acceptors (Lipinski definition) is 8. The topological polar surface area (TPSA) is 90.3 Å². The molecule has 8 heteroatoms. The van der Waals surface area contributed by atoms with Gasteiger partial charge in [-0.3, -0.25) is 0 Å². The van der Waals surface area contributed by atoms with Crippen molar-refractivity contribution in [2.24, 2.45) is 0 Å². The van der Waals surface area contributed by atoms with Crippen LogP contribution in [-0.2, 0) is 13.0 Å². The number of oxazole rings is 1. The van der Waals surface area contributed by atoms with Crippen LogP contribution in [-0.4, -0.2) is 28.1 Å². The number of nitrogens with zero attached hydrogens (tertiary/aromatic N) is 4. The van der Waals surface area contributed by atoms with E-state index in [-0.39, 0.29) is 0 Å². The zero-order chi connectivity index (χ0) is 16.5. The van der Waals surface area contributed by atoms with E-state index >= 15 is 0 Å². The summed E-state index contributed by atoms with van der Waals surface area (Å²) in [6, 6.07) is 6.18. The molecule has 0 aromatic carbocycles. The summed E-state index contributed by atoms with van der Waals surface area (Å²) in [7, 11) is 0. The van der Waals surface area contributed by atoms with Crippen LogP contribution < -0.4 is 15.4 Å². The van der Waals surface area contributed by atoms with Gasteiger partial charge in [-0.05, 0) is 13.0 Å². The number of nitrogens with two attached hydrogens (primary N) is 1. The van der Waals surface area contributed by atoms with Crippen LogP contribution in [0.15, 0.2) is 28.8 Å². The number of nitrogen functional groups attached to an aromatic ring is 1. The molecule has 0 unspecified atom stereocenters. The highest BCUT2D eigenvalue weighted by Gasteiger charge is 2.23. The lowest BCUT2D eigenvalue weighted by Gasteiger charge is -2.24. The Balaban J connectivity index is 1.56. The molecule has 1 aliphatic rings. The van der Waals surface area contributed by atoms with Crippen molar-refractivity contribution in [1.29, 1.82) is 0 Å². The third-order valence-corrected chi connectivity index (χ3v) is 4.69. The van der Waals surface area contributed by atoms with Crippen LogP contribution in [0, 0.1) is 0 Å². The number of aromatic nitrogens is 3. The van der Waals surface area contributed by atoms with E-state index in [2.05, 4.69) is 19.9 Å². The molecule has 0 saturated heterocycles. The number of rotatable bonds is 4. The fourth-order valence-electron chi connectivity index (χ4n) is 2.69. The van der Waals surface area contributed by atoms with Crippen LogP contribution in [0.2, 0.25) is 0 Å². The molecule has 0 bridgehead atoms. The van der Waals surface area contributed by atoms with Gasteiger partial charge in [0.1, 0.15) is 5.69 Å². The van der Waals surface area contributed by atoms with Crippen LogP contribution in [0.1, 0.15) is 17.5 Å². The molecular weight excluding hydrogens is 326 g/mol. The number of fused-ring (bicyclic) bond motifs is 1. The van der Waals surface area contributed by atoms with Crippen LogP contribution in [0.4, 0.5) is 11.1 Å². The van der Waals surface area contributed by atoms with Gasteiger partial charge in [-0.25, -0.2) is 15.0 Å². The average Bonchev–Trinajstić information content (AvgIpc) is 3.20. The van der Waals surface area contributed by atoms with Crippen molar-refractivity contribution >= 4 is 22.5 Å². The van der Waals surface area contributed by atoms with E-state index in [1.54, 1.807) is 6.20 Å². The van der Waals surface area contributed by atoms with Crippen molar-refractivity contribution in [3.05, 3.63) is 35.0 Å². The molecular formula is C16H17N5O2S. The Labute approximate surface area is 143 Å². The zero-order valence-corrected chi connectivity index (χ0v) is 14.0. The molecule has 0 aliphatic carbocycles. The molecule has 4 heterocycles. The summed E-state index contributed by atoms with van der Waals surface area (Å²) in [6.45, 7) is 4.03. The number of anilines is 2. The third-order valence-electron chi connectivity index (χ3n) is 3.78. The minimum Gasteiger partial charge on any atom is -0.478 e. The second-order valence-electron chi connectivity index (χ2n) is 5.39. The standard InChI is InChI=1S/C16H17N5O2S/c1-2-22-14-5-3-4-10(19-14)12-8-18-16(23-12)21-7-6-11-13(9-21)24-15(17)20-11/h3-5,8H,2,6-7,9H2,1H3,(H2,17,20). The first-order valence-corrected chi connectivity index (χ1v) is 8.59. The van der Waals surface area contributed by atoms with Crippen LogP contribution >= 0.6 is 11.3 Å². The van der Waals surface area contributed by atoms with Gasteiger partial charge in [0.25, 0.3) is 6.01 Å². The summed E-state index contributed by atoms with van der Waals surface area (Å²) in [5.41, 5.74) is 7.59. The number of hydrogen-bond donors (Lipinski definition) is 1. The maximum Gasteiger partial charge on any atom is 0.298 e. The Hall–Kier alpha value is -2.61. The van der Waals surface area contributed by atoms with Gasteiger partial charge >= 0.3 is 0 Å². The lowest BCUT2D eigenvalue weighted by molar-refractivity contribution is 0.327. The average molecular weight is 343 g/mol. The maximum absolute atomic E-state index is 5.91. The highest BCUT2D eigenvalue weighted by Crippen LogP contribution is 2.31. The normalized spacial score (nSPS) is 13.8. The van der Waals surface area contributed by atoms with Crippen LogP contribution in [0.5, 0.6) is 5.88 Å². The molecule has 3 aromatic rings. The highest BCUT2D eigenvalue weighted by atomic mass is 32.1. The predicted octanol–water partition coefficient (Wildman–Crippen LogP) is 2.74. The van der Waals surface area contributed by atoms with E-state index in [1.165, 1.54) is 16.2 Å². The van der Waals surface area contributed by atoms with Gasteiger partial charge in [0.15, 0.2) is 10.9 Å². The summed E-state index contributed by atoms with van der Waals surface area (Å²) >= 11 is 1.53. The molecule has 0 atom stereocenters. The van der Waals surface area contributed by atoms with E-state index in [4.69, 9.17) is 14.9 Å². The largest absolute Gasteiger partial charge is 0.478 e. The molecule has 0 amide bonds. The summed E-state index contributed by atoms with van der Waals surface area (Å²) in [6.07, 6.45) is 2.54. The molecule has 0 spiro atoms. The number of thiazole rings is 1. The van der Waals surface area contributed by atoms with E-state index < -0.39 is 0 Å². The smallest absolute Gasteiger partial charge is 0.298 e. The second-order valence-corrected chi connectivity index (χ2v) is 6.51. The number of ether oxygens (including phenoxy) is 1. The van der Waals surface area contributed by atoms with Gasteiger partial charge < -0.3 is 19.8 Å². The predicted molar refractivity (Wildman–Crippen MR) is 92.2 cm³/mol. The molecule has 3 aromatic heterocycles. The summed E-state index contributed by atoms with van der Waals surface area (Å²) in [4.78, 5) is 16.5. The Bertz CT molecular complexity index is 860. The molecule has 0 radical (unpaired) electrons. The van der Waals surface area contributed by atoms with Crippen molar-refractivity contribution in [2.75, 3.05) is 23.8 Å². The lowest BCUT2D eigenvalue weighted by atomic mass is 10.2. The fourth-order valence-corrected chi connectivity index (χ4v) is 3.58. The Morgan fingerprint density at radius 2 is 2.29 bits per heavy atom. The molecule has 124 valence electrons. The third kappa shape index (κ3) is 2.80. The second kappa shape index (κ2) is 6.12. The van der Waals surface area contributed by atoms with Gasteiger partial charge in [-0.2, -0.15) is 0 Å². The van der Waals surface area contributed by atoms with E-state index in [1.807, 2.05) is 25.1 Å². The molecule has 4 rings (SSSR count). The molecule has 0 saturated carbocycles. The van der Waals surface area contributed by atoms with E-state index in [0.717, 1.165) is 25.2 Å². The van der Waals surface area contributed by atoms with Gasteiger partial charge in [-0.1, -0.05) is 6.07 Å². The lowest BCUT2D eigenvalue weighted by Crippen LogP contribution is -2.29. The number of pyridine rings is 1. The molecule has 7 nitrogen and oxygen atoms in total. The Morgan fingerprint density at radius 3 is 3.17 bits per heavy atom. The highest BCUT2D eigenvalue weighted by molar-refractivity contribution is 7.15. The first kappa shape index (κ1) is 14.9.